The fourth-order valence-corrected chi connectivity index (χ4v) is 3.72. The smallest absolute Gasteiger partial charge is 0.225 e. The van der Waals surface area contributed by atoms with E-state index in [2.05, 4.69) is 39.1 Å². The first-order valence-corrected chi connectivity index (χ1v) is 11.2. The lowest BCUT2D eigenvalue weighted by Gasteiger charge is -2.29. The summed E-state index contributed by atoms with van der Waals surface area (Å²) in [5, 5.41) is 8.03. The molecule has 10 heteroatoms. The summed E-state index contributed by atoms with van der Waals surface area (Å²) in [7, 11) is 0. The molecule has 0 saturated carbocycles. The Morgan fingerprint density at radius 2 is 1.97 bits per heavy atom. The predicted molar refractivity (Wildman–Crippen MR) is 128 cm³/mol. The maximum Gasteiger partial charge on any atom is 0.225 e. The van der Waals surface area contributed by atoms with E-state index in [1.807, 2.05) is 41.2 Å². The zero-order valence-electron chi connectivity index (χ0n) is 18.0. The Morgan fingerprint density at radius 3 is 2.66 bits per heavy atom. The Labute approximate surface area is 197 Å². The molecule has 1 aliphatic heterocycles. The van der Waals surface area contributed by atoms with Crippen molar-refractivity contribution in [2.24, 2.45) is 0 Å². The molecule has 3 aromatic rings. The van der Waals surface area contributed by atoms with Gasteiger partial charge >= 0.3 is 0 Å². The van der Waals surface area contributed by atoms with Crippen LogP contribution in [0.1, 0.15) is 25.5 Å². The lowest BCUT2D eigenvalue weighted by Crippen LogP contribution is -2.40. The van der Waals surface area contributed by atoms with E-state index in [1.54, 1.807) is 6.20 Å². The van der Waals surface area contributed by atoms with Crippen molar-refractivity contribution in [2.75, 3.05) is 38.4 Å². The number of rotatable bonds is 7. The van der Waals surface area contributed by atoms with E-state index < -0.39 is 0 Å². The molecule has 0 unspecified atom stereocenters. The van der Waals surface area contributed by atoms with Crippen LogP contribution < -0.4 is 10.1 Å². The Balaban J connectivity index is 1.34. The summed E-state index contributed by atoms with van der Waals surface area (Å²) in [4.78, 5) is 11.7. The normalized spacial score (nSPS) is 13.9. The molecule has 1 N–H and O–H groups in total. The van der Waals surface area contributed by atoms with Crippen LogP contribution in [0.2, 0.25) is 5.02 Å². The number of hydrogen-bond acceptors (Lipinski definition) is 7. The first-order chi connectivity index (χ1) is 15.5. The van der Waals surface area contributed by atoms with Gasteiger partial charge in [0.05, 0.1) is 24.4 Å². The average molecular weight is 473 g/mol. The summed E-state index contributed by atoms with van der Waals surface area (Å²) < 4.78 is 13.0. The molecule has 1 aliphatic rings. The number of hydrogen-bond donors (Lipinski definition) is 1. The molecule has 0 amide bonds. The maximum atomic E-state index is 6.29. The Kier molecular flexibility index (Phi) is 7.19. The van der Waals surface area contributed by atoms with E-state index >= 15 is 0 Å². The standard InChI is InChI=1S/C22H25ClN6O2S/c1-15(2)29-8-7-19(27-29)20-18(23)13-24-22(26-20)25-14-31-17-5-3-16(4-6-17)21(32)28-9-11-30-12-10-28/h3-8,13,15H,9-12,14H2,1-2H3,(H,24,25,26). The van der Waals surface area contributed by atoms with Gasteiger partial charge in [-0.05, 0) is 44.2 Å². The Morgan fingerprint density at radius 1 is 1.22 bits per heavy atom. The third kappa shape index (κ3) is 5.35. The van der Waals surface area contributed by atoms with E-state index in [-0.39, 0.29) is 12.8 Å². The molecule has 4 rings (SSSR count). The molecule has 0 radical (unpaired) electrons. The second kappa shape index (κ2) is 10.2. The summed E-state index contributed by atoms with van der Waals surface area (Å²) in [5.41, 5.74) is 2.26. The number of morpholine rings is 1. The average Bonchev–Trinajstić information content (AvgIpc) is 3.31. The van der Waals surface area contributed by atoms with Gasteiger partial charge in [-0.15, -0.1) is 0 Å². The number of anilines is 1. The minimum absolute atomic E-state index is 0.203. The fourth-order valence-electron chi connectivity index (χ4n) is 3.21. The van der Waals surface area contributed by atoms with E-state index in [4.69, 9.17) is 33.3 Å². The van der Waals surface area contributed by atoms with Gasteiger partial charge in [-0.1, -0.05) is 23.8 Å². The first-order valence-electron chi connectivity index (χ1n) is 10.4. The molecule has 1 aromatic carbocycles. The molecule has 0 spiro atoms. The predicted octanol–water partition coefficient (Wildman–Crippen LogP) is 4.03. The monoisotopic (exact) mass is 472 g/mol. The zero-order valence-corrected chi connectivity index (χ0v) is 19.6. The quantitative estimate of drug-likeness (QED) is 0.408. The highest BCUT2D eigenvalue weighted by Crippen LogP contribution is 2.25. The largest absolute Gasteiger partial charge is 0.473 e. The van der Waals surface area contributed by atoms with E-state index in [0.29, 0.717) is 35.6 Å². The Hall–Kier alpha value is -2.75. The minimum atomic E-state index is 0.203. The van der Waals surface area contributed by atoms with Crippen molar-refractivity contribution < 1.29 is 9.47 Å². The molecule has 1 saturated heterocycles. The molecule has 0 bridgehead atoms. The molecule has 8 nitrogen and oxygen atoms in total. The van der Waals surface area contributed by atoms with Crippen LogP contribution in [0.25, 0.3) is 11.4 Å². The molecule has 3 heterocycles. The molecular formula is C22H25ClN6O2S. The molecule has 0 aliphatic carbocycles. The lowest BCUT2D eigenvalue weighted by molar-refractivity contribution is 0.0693. The van der Waals surface area contributed by atoms with Crippen molar-refractivity contribution in [1.82, 2.24) is 24.6 Å². The number of nitrogens with one attached hydrogen (secondary N) is 1. The topological polar surface area (TPSA) is 77.3 Å². The van der Waals surface area contributed by atoms with Gasteiger partial charge in [-0.25, -0.2) is 9.97 Å². The van der Waals surface area contributed by atoms with Crippen molar-refractivity contribution in [3.63, 3.8) is 0 Å². The van der Waals surface area contributed by atoms with Crippen LogP contribution >= 0.6 is 23.8 Å². The van der Waals surface area contributed by atoms with E-state index in [0.717, 1.165) is 29.4 Å². The summed E-state index contributed by atoms with van der Waals surface area (Å²) in [5.74, 6) is 1.13. The van der Waals surface area contributed by atoms with Gasteiger partial charge in [-0.2, -0.15) is 5.10 Å². The molecular weight excluding hydrogens is 448 g/mol. The second-order valence-electron chi connectivity index (χ2n) is 7.56. The summed E-state index contributed by atoms with van der Waals surface area (Å²) >= 11 is 11.9. The number of ether oxygens (including phenoxy) is 2. The third-order valence-electron chi connectivity index (χ3n) is 4.99. The van der Waals surface area contributed by atoms with Gasteiger partial charge in [0.25, 0.3) is 0 Å². The second-order valence-corrected chi connectivity index (χ2v) is 8.35. The van der Waals surface area contributed by atoms with Crippen LogP contribution in [-0.2, 0) is 4.74 Å². The van der Waals surface area contributed by atoms with Gasteiger partial charge < -0.3 is 19.7 Å². The van der Waals surface area contributed by atoms with Gasteiger partial charge in [0.2, 0.25) is 5.95 Å². The molecule has 168 valence electrons. The zero-order chi connectivity index (χ0) is 22.5. The van der Waals surface area contributed by atoms with Crippen molar-refractivity contribution >= 4 is 34.8 Å². The Bertz CT molecular complexity index is 1070. The highest BCUT2D eigenvalue weighted by atomic mass is 35.5. The molecule has 1 fully saturated rings. The van der Waals surface area contributed by atoms with Crippen LogP contribution in [0.3, 0.4) is 0 Å². The first kappa shape index (κ1) is 22.4. The van der Waals surface area contributed by atoms with E-state index in [9.17, 15) is 0 Å². The molecule has 0 atom stereocenters. The number of halogens is 1. The van der Waals surface area contributed by atoms with Crippen molar-refractivity contribution in [3.8, 4) is 17.1 Å². The molecule has 32 heavy (non-hydrogen) atoms. The SMILES string of the molecule is CC(C)n1ccc(-c2nc(NCOc3ccc(C(=S)N4CCOCC4)cc3)ncc2Cl)n1. The van der Waals surface area contributed by atoms with Crippen molar-refractivity contribution in [2.45, 2.75) is 19.9 Å². The van der Waals surface area contributed by atoms with Gasteiger partial charge in [-0.3, -0.25) is 4.68 Å². The fraction of sp³-hybridized carbons (Fsp3) is 0.364. The number of nitrogens with zero attached hydrogens (tertiary/aromatic N) is 5. The van der Waals surface area contributed by atoms with Crippen molar-refractivity contribution in [3.05, 3.63) is 53.3 Å². The van der Waals surface area contributed by atoms with Gasteiger partial charge in [0, 0.05) is 30.9 Å². The summed E-state index contributed by atoms with van der Waals surface area (Å²) in [6, 6.07) is 9.87. The number of benzene rings is 1. The lowest BCUT2D eigenvalue weighted by atomic mass is 10.2. The van der Waals surface area contributed by atoms with Crippen LogP contribution in [0.4, 0.5) is 5.95 Å². The van der Waals surface area contributed by atoms with E-state index in [1.165, 1.54) is 0 Å². The van der Waals surface area contributed by atoms with Crippen molar-refractivity contribution in [1.29, 1.82) is 0 Å². The van der Waals surface area contributed by atoms with Crippen LogP contribution in [-0.4, -0.2) is 62.7 Å². The summed E-state index contributed by atoms with van der Waals surface area (Å²) in [6.07, 6.45) is 3.46. The third-order valence-corrected chi connectivity index (χ3v) is 5.76. The van der Waals surface area contributed by atoms with Gasteiger partial charge in [0.1, 0.15) is 22.1 Å². The van der Waals surface area contributed by atoms with Crippen LogP contribution in [0.15, 0.2) is 42.7 Å². The minimum Gasteiger partial charge on any atom is -0.473 e. The van der Waals surface area contributed by atoms with Gasteiger partial charge in [0.15, 0.2) is 6.73 Å². The molecule has 2 aromatic heterocycles. The maximum absolute atomic E-state index is 6.29. The highest BCUT2D eigenvalue weighted by Gasteiger charge is 2.15. The number of thiocarbonyl (C=S) groups is 1. The number of aromatic nitrogens is 4. The van der Waals surface area contributed by atoms with Crippen LogP contribution in [0.5, 0.6) is 5.75 Å². The van der Waals surface area contributed by atoms with Crippen LogP contribution in [0, 0.1) is 0 Å². The summed E-state index contributed by atoms with van der Waals surface area (Å²) in [6.45, 7) is 7.39. The highest BCUT2D eigenvalue weighted by molar-refractivity contribution is 7.80.